The van der Waals surface area contributed by atoms with Gasteiger partial charge in [-0.2, -0.15) is 0 Å². The zero-order valence-corrected chi connectivity index (χ0v) is 18.2. The summed E-state index contributed by atoms with van der Waals surface area (Å²) in [7, 11) is 0. The number of pyridine rings is 1. The lowest BCUT2D eigenvalue weighted by Gasteiger charge is -2.27. The number of anilines is 1. The molecule has 3 rings (SSSR count). The van der Waals surface area contributed by atoms with E-state index in [0.717, 1.165) is 11.8 Å². The second-order valence-electron chi connectivity index (χ2n) is 8.93. The number of ketones is 1. The van der Waals surface area contributed by atoms with Crippen LogP contribution in [-0.2, 0) is 10.3 Å². The molecule has 0 aliphatic heterocycles. The summed E-state index contributed by atoms with van der Waals surface area (Å²) in [5, 5.41) is 11.7. The number of nitrogens with zero attached hydrogens (tertiary/aromatic N) is 4. The van der Waals surface area contributed by atoms with E-state index in [-0.39, 0.29) is 28.5 Å². The standard InChI is InChI=1S/C21H28N6O3/c1-13(28)16-10-14-9-15(11-22-18(14)24-16)23-19(29)17-12-27(26-25-17)21(5,6)7-8-30-20(2,3)4/h9-12H,7-8H2,1-6H3,(H,22,24)(H,23,29). The fraction of sp³-hybridized carbons (Fsp3) is 0.476. The van der Waals surface area contributed by atoms with Gasteiger partial charge in [0, 0.05) is 18.9 Å². The summed E-state index contributed by atoms with van der Waals surface area (Å²) < 4.78 is 7.48. The smallest absolute Gasteiger partial charge is 0.277 e. The van der Waals surface area contributed by atoms with Gasteiger partial charge in [-0.25, -0.2) is 9.67 Å². The molecular formula is C21H28N6O3. The lowest BCUT2D eigenvalue weighted by Crippen LogP contribution is -2.30. The van der Waals surface area contributed by atoms with Crippen molar-refractivity contribution in [1.82, 2.24) is 25.0 Å². The number of fused-ring (bicyclic) bond motifs is 1. The molecule has 3 heterocycles. The molecule has 0 saturated carbocycles. The van der Waals surface area contributed by atoms with Crippen LogP contribution in [0.2, 0.25) is 0 Å². The average Bonchev–Trinajstić information content (AvgIpc) is 3.27. The molecule has 0 saturated heterocycles. The van der Waals surface area contributed by atoms with Crippen LogP contribution in [-0.4, -0.2) is 48.9 Å². The molecule has 160 valence electrons. The molecule has 0 spiro atoms. The third-order valence-electron chi connectivity index (χ3n) is 4.70. The molecule has 3 aromatic rings. The normalized spacial score (nSPS) is 12.3. The van der Waals surface area contributed by atoms with E-state index >= 15 is 0 Å². The van der Waals surface area contributed by atoms with E-state index < -0.39 is 0 Å². The molecule has 0 unspecified atom stereocenters. The fourth-order valence-electron chi connectivity index (χ4n) is 2.85. The molecule has 0 bridgehead atoms. The van der Waals surface area contributed by atoms with Crippen LogP contribution in [0.1, 0.15) is 68.9 Å². The van der Waals surface area contributed by atoms with Gasteiger partial charge in [0.25, 0.3) is 5.91 Å². The van der Waals surface area contributed by atoms with E-state index in [0.29, 0.717) is 23.6 Å². The number of hydrogen-bond donors (Lipinski definition) is 2. The van der Waals surface area contributed by atoms with Crippen molar-refractivity contribution >= 4 is 28.4 Å². The van der Waals surface area contributed by atoms with Crippen molar-refractivity contribution in [3.63, 3.8) is 0 Å². The van der Waals surface area contributed by atoms with Gasteiger partial charge in [0.15, 0.2) is 11.5 Å². The molecule has 0 aliphatic carbocycles. The summed E-state index contributed by atoms with van der Waals surface area (Å²) in [6, 6.07) is 3.46. The molecule has 2 N–H and O–H groups in total. The van der Waals surface area contributed by atoms with Crippen LogP contribution >= 0.6 is 0 Å². The topological polar surface area (TPSA) is 115 Å². The van der Waals surface area contributed by atoms with Gasteiger partial charge in [-0.3, -0.25) is 9.59 Å². The molecule has 0 atom stereocenters. The SMILES string of the molecule is CC(=O)c1cc2cc(NC(=O)c3cn(C(C)(C)CCOC(C)(C)C)nn3)cnc2[nH]1. The number of carbonyl (C=O) groups excluding carboxylic acids is 2. The van der Waals surface area contributed by atoms with Crippen molar-refractivity contribution < 1.29 is 14.3 Å². The van der Waals surface area contributed by atoms with Crippen LogP contribution in [0, 0.1) is 0 Å². The molecule has 0 aromatic carbocycles. The number of nitrogens with one attached hydrogen (secondary N) is 2. The first-order valence-electron chi connectivity index (χ1n) is 9.82. The van der Waals surface area contributed by atoms with Crippen LogP contribution in [0.25, 0.3) is 11.0 Å². The van der Waals surface area contributed by atoms with E-state index in [2.05, 4.69) is 25.6 Å². The van der Waals surface area contributed by atoms with Crippen molar-refractivity contribution in [1.29, 1.82) is 0 Å². The summed E-state index contributed by atoms with van der Waals surface area (Å²) in [5.74, 6) is -0.461. The first kappa shape index (κ1) is 21.6. The predicted molar refractivity (Wildman–Crippen MR) is 114 cm³/mol. The largest absolute Gasteiger partial charge is 0.376 e. The fourth-order valence-corrected chi connectivity index (χ4v) is 2.85. The molecule has 9 nitrogen and oxygen atoms in total. The van der Waals surface area contributed by atoms with Crippen LogP contribution in [0.15, 0.2) is 24.5 Å². The number of ether oxygens (including phenoxy) is 1. The van der Waals surface area contributed by atoms with Gasteiger partial charge in [0.2, 0.25) is 0 Å². The van der Waals surface area contributed by atoms with Crippen molar-refractivity contribution in [2.45, 2.75) is 59.1 Å². The van der Waals surface area contributed by atoms with Crippen molar-refractivity contribution in [2.24, 2.45) is 0 Å². The maximum atomic E-state index is 12.6. The monoisotopic (exact) mass is 412 g/mol. The van der Waals surface area contributed by atoms with Crippen molar-refractivity contribution in [3.8, 4) is 0 Å². The molecular weight excluding hydrogens is 384 g/mol. The molecule has 30 heavy (non-hydrogen) atoms. The zero-order chi connectivity index (χ0) is 22.1. The highest BCUT2D eigenvalue weighted by Crippen LogP contribution is 2.21. The molecule has 1 amide bonds. The maximum absolute atomic E-state index is 12.6. The Labute approximate surface area is 175 Å². The number of rotatable bonds is 7. The summed E-state index contributed by atoms with van der Waals surface area (Å²) in [6.45, 7) is 12.1. The second kappa shape index (κ2) is 7.98. The number of H-pyrrole nitrogens is 1. The van der Waals surface area contributed by atoms with Gasteiger partial charge in [-0.15, -0.1) is 5.10 Å². The Hall–Kier alpha value is -3.07. The average molecular weight is 412 g/mol. The van der Waals surface area contributed by atoms with Crippen molar-refractivity contribution in [2.75, 3.05) is 11.9 Å². The van der Waals surface area contributed by atoms with Crippen LogP contribution < -0.4 is 5.32 Å². The predicted octanol–water partition coefficient (Wildman–Crippen LogP) is 3.55. The zero-order valence-electron chi connectivity index (χ0n) is 18.2. The van der Waals surface area contributed by atoms with E-state index in [1.807, 2.05) is 34.6 Å². The van der Waals surface area contributed by atoms with Gasteiger partial charge in [0.05, 0.1) is 34.9 Å². The molecule has 3 aromatic heterocycles. The minimum absolute atomic E-state index is 0.0780. The molecule has 0 fully saturated rings. The van der Waals surface area contributed by atoms with Crippen LogP contribution in [0.5, 0.6) is 0 Å². The summed E-state index contributed by atoms with van der Waals surface area (Å²) in [4.78, 5) is 31.3. The first-order valence-corrected chi connectivity index (χ1v) is 9.82. The number of aromatic nitrogens is 5. The lowest BCUT2D eigenvalue weighted by atomic mass is 10.0. The molecule has 0 radical (unpaired) electrons. The van der Waals surface area contributed by atoms with E-state index in [4.69, 9.17) is 4.74 Å². The van der Waals surface area contributed by atoms with E-state index in [1.54, 1.807) is 23.0 Å². The molecule has 9 heteroatoms. The summed E-state index contributed by atoms with van der Waals surface area (Å²) in [5.41, 5.74) is 1.21. The highest BCUT2D eigenvalue weighted by molar-refractivity contribution is 6.03. The maximum Gasteiger partial charge on any atom is 0.277 e. The Morgan fingerprint density at radius 3 is 2.60 bits per heavy atom. The number of carbonyl (C=O) groups is 2. The Balaban J connectivity index is 1.68. The third kappa shape index (κ3) is 5.10. The van der Waals surface area contributed by atoms with E-state index in [1.165, 1.54) is 13.1 Å². The number of aromatic amines is 1. The minimum atomic E-state index is -0.383. The second-order valence-corrected chi connectivity index (χ2v) is 8.93. The Morgan fingerprint density at radius 1 is 1.20 bits per heavy atom. The first-order chi connectivity index (χ1) is 13.9. The van der Waals surface area contributed by atoms with Gasteiger partial charge in [-0.05, 0) is 53.2 Å². The number of amides is 1. The van der Waals surface area contributed by atoms with Crippen molar-refractivity contribution in [3.05, 3.63) is 35.9 Å². The molecule has 0 aliphatic rings. The Kier molecular flexibility index (Phi) is 5.76. The summed E-state index contributed by atoms with van der Waals surface area (Å²) in [6.07, 6.45) is 3.88. The quantitative estimate of drug-likeness (QED) is 0.574. The lowest BCUT2D eigenvalue weighted by molar-refractivity contribution is -0.0153. The van der Waals surface area contributed by atoms with Crippen LogP contribution in [0.4, 0.5) is 5.69 Å². The highest BCUT2D eigenvalue weighted by atomic mass is 16.5. The number of Topliss-reactive ketones (excluding diaryl/α,β-unsaturated/α-hetero) is 1. The third-order valence-corrected chi connectivity index (χ3v) is 4.70. The minimum Gasteiger partial charge on any atom is -0.376 e. The van der Waals surface area contributed by atoms with E-state index in [9.17, 15) is 9.59 Å². The Morgan fingerprint density at radius 2 is 1.93 bits per heavy atom. The van der Waals surface area contributed by atoms with Gasteiger partial charge >= 0.3 is 0 Å². The van der Waals surface area contributed by atoms with Gasteiger partial charge in [0.1, 0.15) is 5.65 Å². The highest BCUT2D eigenvalue weighted by Gasteiger charge is 2.24. The van der Waals surface area contributed by atoms with Crippen LogP contribution in [0.3, 0.4) is 0 Å². The van der Waals surface area contributed by atoms with Gasteiger partial charge < -0.3 is 15.0 Å². The summed E-state index contributed by atoms with van der Waals surface area (Å²) >= 11 is 0. The number of hydrogen-bond acceptors (Lipinski definition) is 6. The Bertz CT molecular complexity index is 1070. The van der Waals surface area contributed by atoms with Gasteiger partial charge in [-0.1, -0.05) is 5.21 Å².